The van der Waals surface area contributed by atoms with Gasteiger partial charge < -0.3 is 30.7 Å². The second-order valence-corrected chi connectivity index (χ2v) is 15.5. The number of aryl methyl sites for hydroxylation is 1. The highest BCUT2D eigenvalue weighted by Crippen LogP contribution is 2.32. The standard InChI is InChI=1S/C39H55N5O8/c1-24(2)32(42-36(48)50-38(4,5)6)35(47)52-43-33(40)28-18-15-26(16-19-28)17-20-31(45)25(3)41-34(46)30-23-29(27-13-11-10-12-14-27)21-22-44(30)37(49)51-39(7,8)9/h10-16,18-19,24-25,29-30,32H,17,20-23H2,1-9H3,(H2,40,43)(H,41,46)(H,42,48)/t25-,29-,30+,32-/m0/s1. The molecule has 1 heterocycles. The lowest BCUT2D eigenvalue weighted by Crippen LogP contribution is -2.56. The lowest BCUT2D eigenvalue weighted by atomic mass is 9.85. The zero-order valence-corrected chi connectivity index (χ0v) is 31.9. The first-order chi connectivity index (χ1) is 24.2. The highest BCUT2D eigenvalue weighted by atomic mass is 16.7. The molecular formula is C39H55N5O8. The molecule has 284 valence electrons. The third-order valence-electron chi connectivity index (χ3n) is 8.38. The van der Waals surface area contributed by atoms with Gasteiger partial charge in [-0.2, -0.15) is 0 Å². The molecule has 1 aliphatic heterocycles. The minimum Gasteiger partial charge on any atom is -0.444 e. The van der Waals surface area contributed by atoms with E-state index in [9.17, 15) is 24.0 Å². The lowest BCUT2D eigenvalue weighted by Gasteiger charge is -2.39. The fourth-order valence-corrected chi connectivity index (χ4v) is 5.63. The van der Waals surface area contributed by atoms with E-state index >= 15 is 0 Å². The third kappa shape index (κ3) is 13.0. The van der Waals surface area contributed by atoms with Gasteiger partial charge in [-0.25, -0.2) is 14.4 Å². The smallest absolute Gasteiger partial charge is 0.410 e. The zero-order chi connectivity index (χ0) is 38.8. The first kappa shape index (κ1) is 41.5. The van der Waals surface area contributed by atoms with Crippen molar-refractivity contribution in [1.29, 1.82) is 0 Å². The van der Waals surface area contributed by atoms with E-state index in [0.717, 1.165) is 11.1 Å². The van der Waals surface area contributed by atoms with Crippen LogP contribution in [-0.2, 0) is 35.1 Å². The van der Waals surface area contributed by atoms with Crippen molar-refractivity contribution in [1.82, 2.24) is 15.5 Å². The number of hydrogen-bond acceptors (Lipinski definition) is 9. The van der Waals surface area contributed by atoms with E-state index in [0.29, 0.717) is 31.4 Å². The highest BCUT2D eigenvalue weighted by Gasteiger charge is 2.39. The van der Waals surface area contributed by atoms with Crippen molar-refractivity contribution in [2.45, 2.75) is 123 Å². The number of hydrogen-bond donors (Lipinski definition) is 3. The first-order valence-corrected chi connectivity index (χ1v) is 17.7. The Morgan fingerprint density at radius 1 is 0.885 bits per heavy atom. The minimum absolute atomic E-state index is 0.0512. The van der Waals surface area contributed by atoms with Gasteiger partial charge in [-0.15, -0.1) is 0 Å². The molecule has 0 unspecified atom stereocenters. The van der Waals surface area contributed by atoms with E-state index in [2.05, 4.69) is 15.8 Å². The van der Waals surface area contributed by atoms with E-state index in [1.807, 2.05) is 30.3 Å². The number of Topliss-reactive ketones (excluding diaryl/α,β-unsaturated/α-hetero) is 1. The molecule has 13 heteroatoms. The summed E-state index contributed by atoms with van der Waals surface area (Å²) in [7, 11) is 0. The molecule has 0 radical (unpaired) electrons. The topological polar surface area (TPSA) is 179 Å². The summed E-state index contributed by atoms with van der Waals surface area (Å²) >= 11 is 0. The SMILES string of the molecule is CC(C)[C@H](NC(=O)OC(C)(C)C)C(=O)O/N=C(\N)c1ccc(CCC(=O)[C@H](C)NC(=O)[C@H]2C[C@@H](c3ccccc3)CCN2C(=O)OC(C)(C)C)cc1. The van der Waals surface area contributed by atoms with Crippen LogP contribution >= 0.6 is 0 Å². The maximum absolute atomic E-state index is 13.6. The van der Waals surface area contributed by atoms with E-state index < -0.39 is 53.4 Å². The number of nitrogens with zero attached hydrogens (tertiary/aromatic N) is 2. The number of amidine groups is 1. The molecule has 2 aromatic carbocycles. The second kappa shape index (κ2) is 18.0. The number of nitrogens with two attached hydrogens (primary N) is 1. The Morgan fingerprint density at radius 3 is 2.08 bits per heavy atom. The molecule has 1 fully saturated rings. The van der Waals surface area contributed by atoms with Crippen molar-refractivity contribution < 1.29 is 38.3 Å². The van der Waals surface area contributed by atoms with Crippen molar-refractivity contribution in [3.05, 3.63) is 71.3 Å². The predicted molar refractivity (Wildman–Crippen MR) is 197 cm³/mol. The van der Waals surface area contributed by atoms with Crippen molar-refractivity contribution in [3.8, 4) is 0 Å². The largest absolute Gasteiger partial charge is 0.444 e. The minimum atomic E-state index is -1.00. The summed E-state index contributed by atoms with van der Waals surface area (Å²) in [5, 5.41) is 9.11. The summed E-state index contributed by atoms with van der Waals surface area (Å²) in [4.78, 5) is 71.2. The van der Waals surface area contributed by atoms with Crippen LogP contribution < -0.4 is 16.4 Å². The van der Waals surface area contributed by atoms with Gasteiger partial charge in [-0.1, -0.05) is 73.6 Å². The molecular weight excluding hydrogens is 666 g/mol. The number of rotatable bonds is 12. The van der Waals surface area contributed by atoms with Crippen LogP contribution in [0.1, 0.15) is 104 Å². The molecule has 0 aliphatic carbocycles. The molecule has 2 aromatic rings. The summed E-state index contributed by atoms with van der Waals surface area (Å²) in [5.41, 5.74) is 7.03. The number of oxime groups is 1. The Labute approximate surface area is 307 Å². The number of ether oxygens (including phenoxy) is 2. The van der Waals surface area contributed by atoms with Crippen LogP contribution in [0.15, 0.2) is 59.8 Å². The number of likely N-dealkylation sites (tertiary alicyclic amines) is 1. The summed E-state index contributed by atoms with van der Waals surface area (Å²) in [6.07, 6.45) is 0.360. The summed E-state index contributed by atoms with van der Waals surface area (Å²) in [6, 6.07) is 14.3. The van der Waals surface area contributed by atoms with Crippen molar-refractivity contribution in [2.24, 2.45) is 16.8 Å². The Kier molecular flexibility index (Phi) is 14.4. The number of alkyl carbamates (subject to hydrolysis) is 1. The number of ketones is 1. The molecule has 52 heavy (non-hydrogen) atoms. The molecule has 3 amide bonds. The van der Waals surface area contributed by atoms with Crippen LogP contribution in [0, 0.1) is 5.92 Å². The van der Waals surface area contributed by atoms with E-state index in [-0.39, 0.29) is 29.9 Å². The first-order valence-electron chi connectivity index (χ1n) is 17.7. The van der Waals surface area contributed by atoms with Gasteiger partial charge in [0.25, 0.3) is 0 Å². The van der Waals surface area contributed by atoms with Crippen LogP contribution in [0.4, 0.5) is 9.59 Å². The van der Waals surface area contributed by atoms with Gasteiger partial charge in [0.1, 0.15) is 23.3 Å². The Balaban J connectivity index is 1.57. The molecule has 13 nitrogen and oxygen atoms in total. The van der Waals surface area contributed by atoms with Crippen LogP contribution in [-0.4, -0.2) is 76.5 Å². The quantitative estimate of drug-likeness (QED) is 0.109. The van der Waals surface area contributed by atoms with Gasteiger partial charge in [-0.05, 0) is 90.7 Å². The van der Waals surface area contributed by atoms with Crippen molar-refractivity contribution in [3.63, 3.8) is 0 Å². The van der Waals surface area contributed by atoms with Crippen LogP contribution in [0.5, 0.6) is 0 Å². The molecule has 4 N–H and O–H groups in total. The van der Waals surface area contributed by atoms with Crippen LogP contribution in [0.3, 0.4) is 0 Å². The van der Waals surface area contributed by atoms with Gasteiger partial charge in [0.05, 0.1) is 6.04 Å². The third-order valence-corrected chi connectivity index (χ3v) is 8.38. The summed E-state index contributed by atoms with van der Waals surface area (Å²) in [6.45, 7) is 16.0. The summed E-state index contributed by atoms with van der Waals surface area (Å²) in [5.74, 6) is -1.63. The fraction of sp³-hybridized carbons (Fsp3) is 0.538. The van der Waals surface area contributed by atoms with Gasteiger partial charge in [-0.3, -0.25) is 14.5 Å². The summed E-state index contributed by atoms with van der Waals surface area (Å²) < 4.78 is 10.8. The van der Waals surface area contributed by atoms with Gasteiger partial charge >= 0.3 is 18.2 Å². The molecule has 0 spiro atoms. The predicted octanol–water partition coefficient (Wildman–Crippen LogP) is 5.59. The maximum atomic E-state index is 13.6. The highest BCUT2D eigenvalue weighted by molar-refractivity contribution is 5.97. The number of benzene rings is 2. The van der Waals surface area contributed by atoms with Gasteiger partial charge in [0, 0.05) is 18.5 Å². The number of carbonyl (C=O) groups excluding carboxylic acids is 5. The van der Waals surface area contributed by atoms with Gasteiger partial charge in [0.15, 0.2) is 11.6 Å². The van der Waals surface area contributed by atoms with Crippen molar-refractivity contribution >= 4 is 35.7 Å². The normalized spacial score (nSPS) is 17.8. The number of piperidine rings is 1. The fourth-order valence-electron chi connectivity index (χ4n) is 5.63. The van der Waals surface area contributed by atoms with Crippen LogP contribution in [0.25, 0.3) is 0 Å². The zero-order valence-electron chi connectivity index (χ0n) is 31.9. The molecule has 3 rings (SSSR count). The maximum Gasteiger partial charge on any atom is 0.410 e. The Hall–Kier alpha value is -4.94. The second-order valence-electron chi connectivity index (χ2n) is 15.5. The van der Waals surface area contributed by atoms with Crippen LogP contribution in [0.2, 0.25) is 0 Å². The lowest BCUT2D eigenvalue weighted by molar-refractivity contribution is -0.147. The van der Waals surface area contributed by atoms with E-state index in [4.69, 9.17) is 20.0 Å². The molecule has 1 aliphatic rings. The molecule has 4 atom stereocenters. The number of carbonyl (C=O) groups is 5. The van der Waals surface area contributed by atoms with E-state index in [1.54, 1.807) is 86.6 Å². The molecule has 0 bridgehead atoms. The molecule has 0 saturated carbocycles. The Bertz CT molecular complexity index is 1580. The van der Waals surface area contributed by atoms with E-state index in [1.165, 1.54) is 4.90 Å². The number of amides is 3. The average molecular weight is 722 g/mol. The Morgan fingerprint density at radius 2 is 1.50 bits per heavy atom. The number of nitrogens with one attached hydrogen (secondary N) is 2. The molecule has 1 saturated heterocycles. The average Bonchev–Trinajstić information content (AvgIpc) is 3.06. The molecule has 0 aromatic heterocycles. The van der Waals surface area contributed by atoms with Gasteiger partial charge in [0.2, 0.25) is 5.91 Å². The van der Waals surface area contributed by atoms with Crippen molar-refractivity contribution in [2.75, 3.05) is 6.54 Å². The monoisotopic (exact) mass is 721 g/mol.